The van der Waals surface area contributed by atoms with Crippen LogP contribution in [0.15, 0.2) is 42.5 Å². The molecule has 178 valence electrons. The zero-order valence-electron chi connectivity index (χ0n) is 19.0. The van der Waals surface area contributed by atoms with Gasteiger partial charge in [-0.3, -0.25) is 0 Å². The molecule has 4 nitrogen and oxygen atoms in total. The second-order valence-corrected chi connectivity index (χ2v) is 8.35. The highest BCUT2D eigenvalue weighted by molar-refractivity contribution is 5.84. The highest BCUT2D eigenvalue weighted by Crippen LogP contribution is 2.25. The highest BCUT2D eigenvalue weighted by atomic mass is 19.1. The zero-order chi connectivity index (χ0) is 24.1. The van der Waals surface area contributed by atoms with Crippen LogP contribution in [0.3, 0.4) is 0 Å². The van der Waals surface area contributed by atoms with Crippen LogP contribution in [0.1, 0.15) is 35.6 Å². The molecule has 1 saturated heterocycles. The summed E-state index contributed by atoms with van der Waals surface area (Å²) in [6.07, 6.45) is 1.68. The van der Waals surface area contributed by atoms with Crippen molar-refractivity contribution in [2.75, 3.05) is 19.8 Å². The molecule has 1 aliphatic rings. The molecule has 3 aromatic carbocycles. The Morgan fingerprint density at radius 3 is 2.35 bits per heavy atom. The predicted octanol–water partition coefficient (Wildman–Crippen LogP) is 5.62. The molecule has 0 spiro atoms. The van der Waals surface area contributed by atoms with Crippen molar-refractivity contribution in [1.29, 1.82) is 5.26 Å². The maximum Gasteiger partial charge on any atom is 0.158 e. The minimum absolute atomic E-state index is 0.0194. The number of nitriles is 1. The summed E-state index contributed by atoms with van der Waals surface area (Å²) >= 11 is 0. The van der Waals surface area contributed by atoms with Crippen LogP contribution in [0.2, 0.25) is 0 Å². The van der Waals surface area contributed by atoms with E-state index < -0.39 is 17.2 Å². The van der Waals surface area contributed by atoms with Gasteiger partial charge < -0.3 is 14.2 Å². The SMILES string of the molecule is CCOC1COC(CCc2ccc3c(F)c(CCc4cc(F)c(C#N)c(F)c4)ccc3c2)OC1. The normalized spacial score (nSPS) is 18.2. The number of hydrogen-bond donors (Lipinski definition) is 0. The smallest absolute Gasteiger partial charge is 0.158 e. The Balaban J connectivity index is 1.39. The van der Waals surface area contributed by atoms with Crippen LogP contribution in [-0.4, -0.2) is 32.2 Å². The Labute approximate surface area is 196 Å². The summed E-state index contributed by atoms with van der Waals surface area (Å²) in [5.41, 5.74) is 1.30. The molecule has 0 saturated carbocycles. The van der Waals surface area contributed by atoms with E-state index in [1.54, 1.807) is 12.1 Å². The van der Waals surface area contributed by atoms with Gasteiger partial charge in [-0.1, -0.05) is 30.3 Å². The molecule has 1 aliphatic heterocycles. The van der Waals surface area contributed by atoms with E-state index in [0.717, 1.165) is 29.5 Å². The number of aryl methyl sites for hydroxylation is 3. The van der Waals surface area contributed by atoms with Gasteiger partial charge >= 0.3 is 0 Å². The number of fused-ring (bicyclic) bond motifs is 1. The quantitative estimate of drug-likeness (QED) is 0.429. The summed E-state index contributed by atoms with van der Waals surface area (Å²) in [4.78, 5) is 0. The zero-order valence-corrected chi connectivity index (χ0v) is 19.0. The first-order chi connectivity index (χ1) is 16.5. The van der Waals surface area contributed by atoms with Gasteiger partial charge in [-0.05, 0) is 60.4 Å². The minimum atomic E-state index is -0.901. The van der Waals surface area contributed by atoms with Gasteiger partial charge in [-0.25, -0.2) is 13.2 Å². The van der Waals surface area contributed by atoms with E-state index in [2.05, 4.69) is 0 Å². The van der Waals surface area contributed by atoms with Crippen molar-refractivity contribution in [3.8, 4) is 6.07 Å². The predicted molar refractivity (Wildman–Crippen MR) is 122 cm³/mol. The van der Waals surface area contributed by atoms with Gasteiger partial charge in [0.05, 0.1) is 13.2 Å². The Kier molecular flexibility index (Phi) is 7.84. The van der Waals surface area contributed by atoms with Gasteiger partial charge in [0.1, 0.15) is 35.2 Å². The number of benzene rings is 3. The fraction of sp³-hybridized carbons (Fsp3) is 0.370. The topological polar surface area (TPSA) is 51.5 Å². The summed E-state index contributed by atoms with van der Waals surface area (Å²) in [6.45, 7) is 3.61. The average molecular weight is 470 g/mol. The van der Waals surface area contributed by atoms with E-state index in [4.69, 9.17) is 19.5 Å². The monoisotopic (exact) mass is 469 g/mol. The van der Waals surface area contributed by atoms with Gasteiger partial charge in [-0.15, -0.1) is 0 Å². The van der Waals surface area contributed by atoms with Crippen molar-refractivity contribution in [2.45, 2.75) is 45.0 Å². The van der Waals surface area contributed by atoms with E-state index in [1.807, 2.05) is 25.1 Å². The lowest BCUT2D eigenvalue weighted by molar-refractivity contribution is -0.227. The van der Waals surface area contributed by atoms with Crippen LogP contribution in [0.25, 0.3) is 10.8 Å². The molecule has 0 amide bonds. The van der Waals surface area contributed by atoms with E-state index in [1.165, 1.54) is 6.07 Å². The maximum absolute atomic E-state index is 15.1. The van der Waals surface area contributed by atoms with Gasteiger partial charge in [0.15, 0.2) is 6.29 Å². The molecular formula is C27H26F3NO3. The van der Waals surface area contributed by atoms with Crippen molar-refractivity contribution in [3.63, 3.8) is 0 Å². The third kappa shape index (κ3) is 5.58. The lowest BCUT2D eigenvalue weighted by atomic mass is 9.97. The fourth-order valence-corrected chi connectivity index (χ4v) is 4.20. The van der Waals surface area contributed by atoms with Gasteiger partial charge in [0, 0.05) is 18.4 Å². The molecule has 0 N–H and O–H groups in total. The maximum atomic E-state index is 15.1. The minimum Gasteiger partial charge on any atom is -0.374 e. The van der Waals surface area contributed by atoms with Gasteiger partial charge in [0.25, 0.3) is 0 Å². The number of halogens is 3. The first-order valence-corrected chi connectivity index (χ1v) is 11.4. The first kappa shape index (κ1) is 24.2. The first-order valence-electron chi connectivity index (χ1n) is 11.4. The van der Waals surface area contributed by atoms with Crippen molar-refractivity contribution in [1.82, 2.24) is 0 Å². The summed E-state index contributed by atoms with van der Waals surface area (Å²) in [5, 5.41) is 10.1. The Morgan fingerprint density at radius 2 is 1.68 bits per heavy atom. The van der Waals surface area contributed by atoms with Gasteiger partial charge in [0.2, 0.25) is 0 Å². The largest absolute Gasteiger partial charge is 0.374 e. The van der Waals surface area contributed by atoms with Crippen LogP contribution in [0.5, 0.6) is 0 Å². The summed E-state index contributed by atoms with van der Waals surface area (Å²) in [6, 6.07) is 12.9. The van der Waals surface area contributed by atoms with Crippen molar-refractivity contribution < 1.29 is 27.4 Å². The van der Waals surface area contributed by atoms with Gasteiger partial charge in [-0.2, -0.15) is 5.26 Å². The third-order valence-corrected chi connectivity index (χ3v) is 6.00. The van der Waals surface area contributed by atoms with Crippen LogP contribution in [-0.2, 0) is 33.5 Å². The lowest BCUT2D eigenvalue weighted by Crippen LogP contribution is -2.37. The van der Waals surface area contributed by atoms with Crippen LogP contribution >= 0.6 is 0 Å². The number of hydrogen-bond acceptors (Lipinski definition) is 4. The van der Waals surface area contributed by atoms with Crippen molar-refractivity contribution >= 4 is 10.8 Å². The van der Waals surface area contributed by atoms with Crippen LogP contribution in [0.4, 0.5) is 13.2 Å². The molecule has 7 heteroatoms. The molecule has 0 aliphatic carbocycles. The second kappa shape index (κ2) is 11.0. The molecule has 3 aromatic rings. The number of rotatable bonds is 8. The average Bonchev–Trinajstić information content (AvgIpc) is 2.83. The molecule has 0 unspecified atom stereocenters. The van der Waals surface area contributed by atoms with Crippen LogP contribution in [0, 0.1) is 28.8 Å². The van der Waals surface area contributed by atoms with E-state index in [0.29, 0.717) is 42.8 Å². The summed E-state index contributed by atoms with van der Waals surface area (Å²) in [5.74, 6) is -2.14. The molecule has 0 aromatic heterocycles. The van der Waals surface area contributed by atoms with Crippen molar-refractivity contribution in [2.24, 2.45) is 0 Å². The highest BCUT2D eigenvalue weighted by Gasteiger charge is 2.22. The fourth-order valence-electron chi connectivity index (χ4n) is 4.20. The molecule has 1 heterocycles. The molecule has 1 fully saturated rings. The number of ether oxygens (including phenoxy) is 3. The molecule has 0 atom stereocenters. The lowest BCUT2D eigenvalue weighted by Gasteiger charge is -2.29. The number of nitrogens with zero attached hydrogens (tertiary/aromatic N) is 1. The molecular weight excluding hydrogens is 443 g/mol. The molecule has 34 heavy (non-hydrogen) atoms. The van der Waals surface area contributed by atoms with Crippen LogP contribution < -0.4 is 0 Å². The molecule has 4 rings (SSSR count). The standard InChI is InChI=1S/C27H26F3NO3/c1-2-32-21-15-33-26(34-16-21)10-5-17-4-9-22-20(11-17)8-7-19(27(22)30)6-3-18-12-24(28)23(14-31)25(29)13-18/h4,7-9,11-13,21,26H,2-3,5-6,10,15-16H2,1H3. The third-order valence-electron chi connectivity index (χ3n) is 6.00. The van der Waals surface area contributed by atoms with E-state index in [9.17, 15) is 8.78 Å². The summed E-state index contributed by atoms with van der Waals surface area (Å²) < 4.78 is 59.7. The Hall–Kier alpha value is -2.92. The molecule has 0 radical (unpaired) electrons. The van der Waals surface area contributed by atoms with Crippen molar-refractivity contribution in [3.05, 3.63) is 82.2 Å². The summed E-state index contributed by atoms with van der Waals surface area (Å²) in [7, 11) is 0. The molecule has 0 bridgehead atoms. The Morgan fingerprint density at radius 1 is 0.941 bits per heavy atom. The second-order valence-electron chi connectivity index (χ2n) is 8.35. The Bertz CT molecular complexity index is 1180. The van der Waals surface area contributed by atoms with E-state index >= 15 is 4.39 Å². The van der Waals surface area contributed by atoms with E-state index in [-0.39, 0.29) is 31.1 Å².